The Labute approximate surface area is 88.9 Å². The summed E-state index contributed by atoms with van der Waals surface area (Å²) < 4.78 is 3.74. The molecule has 0 fully saturated rings. The first-order valence-electron chi connectivity index (χ1n) is 3.62. The molecule has 0 atom stereocenters. The summed E-state index contributed by atoms with van der Waals surface area (Å²) >= 11 is 6.72. The summed E-state index contributed by atoms with van der Waals surface area (Å²) in [6.45, 7) is 4.97. The number of hydrogen-bond donors (Lipinski definition) is 0. The van der Waals surface area contributed by atoms with Gasteiger partial charge >= 0.3 is 0 Å². The van der Waals surface area contributed by atoms with Crippen LogP contribution in [0, 0.1) is 0 Å². The molecule has 0 aliphatic rings. The van der Waals surface area contributed by atoms with Gasteiger partial charge in [0, 0.05) is 6.07 Å². The molecule has 0 spiro atoms. The quantitative estimate of drug-likeness (QED) is 0.765. The molecule has 1 aromatic rings. The second kappa shape index (κ2) is 4.23. The normalized spacial score (nSPS) is 10.0. The first kappa shape index (κ1) is 9.99. The van der Waals surface area contributed by atoms with Crippen molar-refractivity contribution in [2.24, 2.45) is 0 Å². The minimum atomic E-state index is 0.814. The SMILES string of the molecule is CC(C)=CCn1nc(Br)cc1Br. The van der Waals surface area contributed by atoms with Crippen molar-refractivity contribution >= 4 is 31.9 Å². The second-order valence-electron chi connectivity index (χ2n) is 2.75. The highest BCUT2D eigenvalue weighted by atomic mass is 79.9. The number of aromatic nitrogens is 2. The molecule has 0 N–H and O–H groups in total. The van der Waals surface area contributed by atoms with Crippen LogP contribution in [0.25, 0.3) is 0 Å². The molecule has 1 rings (SSSR count). The summed E-state index contributed by atoms with van der Waals surface area (Å²) in [4.78, 5) is 0. The van der Waals surface area contributed by atoms with Crippen LogP contribution in [0.2, 0.25) is 0 Å². The minimum absolute atomic E-state index is 0.814. The summed E-state index contributed by atoms with van der Waals surface area (Å²) in [5, 5.41) is 4.22. The Morgan fingerprint density at radius 1 is 1.58 bits per heavy atom. The number of allylic oxidation sites excluding steroid dienone is 2. The lowest BCUT2D eigenvalue weighted by Gasteiger charge is -1.97. The van der Waals surface area contributed by atoms with E-state index in [2.05, 4.69) is 56.9 Å². The van der Waals surface area contributed by atoms with Crippen LogP contribution in [-0.2, 0) is 6.54 Å². The van der Waals surface area contributed by atoms with Crippen molar-refractivity contribution < 1.29 is 0 Å². The van der Waals surface area contributed by atoms with E-state index in [1.807, 2.05) is 10.7 Å². The monoisotopic (exact) mass is 292 g/mol. The first-order chi connectivity index (χ1) is 5.59. The van der Waals surface area contributed by atoms with E-state index in [9.17, 15) is 0 Å². The largest absolute Gasteiger partial charge is 0.254 e. The molecule has 0 saturated carbocycles. The molecule has 1 heterocycles. The van der Waals surface area contributed by atoms with E-state index < -0.39 is 0 Å². The van der Waals surface area contributed by atoms with E-state index in [1.54, 1.807) is 0 Å². The zero-order valence-electron chi connectivity index (χ0n) is 7.01. The molecule has 4 heteroatoms. The summed E-state index contributed by atoms with van der Waals surface area (Å²) in [5.41, 5.74) is 1.30. The van der Waals surface area contributed by atoms with Crippen molar-refractivity contribution in [1.82, 2.24) is 9.78 Å². The van der Waals surface area contributed by atoms with Crippen LogP contribution in [0.3, 0.4) is 0 Å². The standard InChI is InChI=1S/C8H10Br2N2/c1-6(2)3-4-12-8(10)5-7(9)11-12/h3,5H,4H2,1-2H3. The predicted molar refractivity (Wildman–Crippen MR) is 57.1 cm³/mol. The lowest BCUT2D eigenvalue weighted by molar-refractivity contribution is 0.678. The highest BCUT2D eigenvalue weighted by Crippen LogP contribution is 2.16. The topological polar surface area (TPSA) is 17.8 Å². The van der Waals surface area contributed by atoms with Crippen molar-refractivity contribution in [2.75, 3.05) is 0 Å². The lowest BCUT2D eigenvalue weighted by atomic mass is 10.3. The van der Waals surface area contributed by atoms with Gasteiger partial charge in [-0.3, -0.25) is 4.68 Å². The molecule has 66 valence electrons. The molecule has 0 aliphatic heterocycles. The molecule has 0 amide bonds. The minimum Gasteiger partial charge on any atom is -0.254 e. The van der Waals surface area contributed by atoms with E-state index >= 15 is 0 Å². The number of hydrogen-bond acceptors (Lipinski definition) is 1. The highest BCUT2D eigenvalue weighted by Gasteiger charge is 2.00. The molecule has 0 saturated heterocycles. The van der Waals surface area contributed by atoms with Crippen molar-refractivity contribution in [2.45, 2.75) is 20.4 Å². The summed E-state index contributed by atoms with van der Waals surface area (Å²) in [7, 11) is 0. The van der Waals surface area contributed by atoms with Gasteiger partial charge in [-0.1, -0.05) is 11.6 Å². The molecule has 0 unspecified atom stereocenters. The van der Waals surface area contributed by atoms with Gasteiger partial charge in [-0.25, -0.2) is 0 Å². The summed E-state index contributed by atoms with van der Waals surface area (Å²) in [6.07, 6.45) is 2.13. The fourth-order valence-corrected chi connectivity index (χ4v) is 1.92. The average Bonchev–Trinajstić information content (AvgIpc) is 2.26. The molecule has 0 bridgehead atoms. The van der Waals surface area contributed by atoms with Crippen LogP contribution >= 0.6 is 31.9 Å². The van der Waals surface area contributed by atoms with E-state index in [4.69, 9.17) is 0 Å². The Morgan fingerprint density at radius 2 is 2.25 bits per heavy atom. The van der Waals surface area contributed by atoms with Crippen molar-refractivity contribution in [3.05, 3.63) is 26.9 Å². The number of rotatable bonds is 2. The molecule has 12 heavy (non-hydrogen) atoms. The Balaban J connectivity index is 2.75. The zero-order chi connectivity index (χ0) is 9.14. The molecule has 2 nitrogen and oxygen atoms in total. The van der Waals surface area contributed by atoms with Gasteiger partial charge in [-0.15, -0.1) is 0 Å². The van der Waals surface area contributed by atoms with Crippen LogP contribution in [0.5, 0.6) is 0 Å². The predicted octanol–water partition coefficient (Wildman–Crippen LogP) is 3.37. The van der Waals surface area contributed by atoms with Gasteiger partial charge in [0.2, 0.25) is 0 Å². The first-order valence-corrected chi connectivity index (χ1v) is 5.20. The smallest absolute Gasteiger partial charge is 0.129 e. The number of halogens is 2. The maximum Gasteiger partial charge on any atom is 0.129 e. The zero-order valence-corrected chi connectivity index (χ0v) is 10.2. The van der Waals surface area contributed by atoms with E-state index in [1.165, 1.54) is 5.57 Å². The molecule has 0 aromatic carbocycles. The van der Waals surface area contributed by atoms with Gasteiger partial charge < -0.3 is 0 Å². The van der Waals surface area contributed by atoms with Crippen LogP contribution in [-0.4, -0.2) is 9.78 Å². The molecule has 1 aromatic heterocycles. The average molecular weight is 294 g/mol. The maximum atomic E-state index is 4.22. The van der Waals surface area contributed by atoms with Crippen LogP contribution in [0.4, 0.5) is 0 Å². The fraction of sp³-hybridized carbons (Fsp3) is 0.375. The molecular weight excluding hydrogens is 284 g/mol. The second-order valence-corrected chi connectivity index (χ2v) is 4.38. The van der Waals surface area contributed by atoms with E-state index in [0.29, 0.717) is 0 Å². The van der Waals surface area contributed by atoms with Gasteiger partial charge in [-0.05, 0) is 45.7 Å². The summed E-state index contributed by atoms with van der Waals surface area (Å²) in [6, 6.07) is 1.93. The van der Waals surface area contributed by atoms with Crippen LogP contribution in [0.1, 0.15) is 13.8 Å². The maximum absolute atomic E-state index is 4.22. The number of nitrogens with zero attached hydrogens (tertiary/aromatic N) is 2. The third-order valence-corrected chi connectivity index (χ3v) is 2.40. The van der Waals surface area contributed by atoms with Gasteiger partial charge in [0.25, 0.3) is 0 Å². The van der Waals surface area contributed by atoms with Crippen LogP contribution < -0.4 is 0 Å². The molecule has 0 aliphatic carbocycles. The Hall–Kier alpha value is -0.0900. The van der Waals surface area contributed by atoms with Gasteiger partial charge in [-0.2, -0.15) is 5.10 Å². The Bertz CT molecular complexity index is 298. The fourth-order valence-electron chi connectivity index (χ4n) is 0.762. The van der Waals surface area contributed by atoms with Crippen molar-refractivity contribution in [3.63, 3.8) is 0 Å². The van der Waals surface area contributed by atoms with E-state index in [0.717, 1.165) is 15.8 Å². The van der Waals surface area contributed by atoms with E-state index in [-0.39, 0.29) is 0 Å². The van der Waals surface area contributed by atoms with Gasteiger partial charge in [0.15, 0.2) is 0 Å². The third-order valence-electron chi connectivity index (χ3n) is 1.37. The molecule has 0 radical (unpaired) electrons. The summed E-state index contributed by atoms with van der Waals surface area (Å²) in [5.74, 6) is 0. The van der Waals surface area contributed by atoms with Gasteiger partial charge in [0.1, 0.15) is 9.21 Å². The molecular formula is C8H10Br2N2. The van der Waals surface area contributed by atoms with Crippen LogP contribution in [0.15, 0.2) is 26.9 Å². The Morgan fingerprint density at radius 3 is 2.67 bits per heavy atom. The Kier molecular flexibility index (Phi) is 3.53. The van der Waals surface area contributed by atoms with Crippen molar-refractivity contribution in [1.29, 1.82) is 0 Å². The van der Waals surface area contributed by atoms with Crippen molar-refractivity contribution in [3.8, 4) is 0 Å². The van der Waals surface area contributed by atoms with Gasteiger partial charge in [0.05, 0.1) is 6.54 Å². The third kappa shape index (κ3) is 2.75. The highest BCUT2D eigenvalue weighted by molar-refractivity contribution is 9.11. The lowest BCUT2D eigenvalue weighted by Crippen LogP contribution is -1.97.